The Bertz CT molecular complexity index is 811. The molecule has 2 aliphatic heterocycles. The van der Waals surface area contributed by atoms with Gasteiger partial charge in [0, 0.05) is 32.2 Å². The van der Waals surface area contributed by atoms with Gasteiger partial charge in [0.1, 0.15) is 0 Å². The summed E-state index contributed by atoms with van der Waals surface area (Å²) in [6, 6.07) is 6.48. The molecule has 3 rings (SSSR count). The van der Waals surface area contributed by atoms with Gasteiger partial charge >= 0.3 is 5.97 Å². The van der Waals surface area contributed by atoms with E-state index < -0.39 is 16.0 Å². The van der Waals surface area contributed by atoms with Gasteiger partial charge in [0.25, 0.3) is 0 Å². The van der Waals surface area contributed by atoms with Crippen LogP contribution < -0.4 is 5.32 Å². The summed E-state index contributed by atoms with van der Waals surface area (Å²) in [6.45, 7) is 2.35. The van der Waals surface area contributed by atoms with Crippen molar-refractivity contribution in [3.8, 4) is 0 Å². The third kappa shape index (κ3) is 4.48. The molecule has 9 heteroatoms. The smallest absolute Gasteiger partial charge is 0.338 e. The van der Waals surface area contributed by atoms with Crippen molar-refractivity contribution in [1.82, 2.24) is 14.5 Å². The third-order valence-corrected chi connectivity index (χ3v) is 6.87. The van der Waals surface area contributed by atoms with E-state index in [1.165, 1.54) is 11.4 Å². The molecule has 0 spiro atoms. The summed E-state index contributed by atoms with van der Waals surface area (Å²) in [5.74, 6) is -0.800. The highest BCUT2D eigenvalue weighted by Crippen LogP contribution is 2.23. The van der Waals surface area contributed by atoms with Crippen LogP contribution in [0.15, 0.2) is 24.3 Å². The SMILES string of the molecule is COC(=O)c1ccccc1CS(=O)(=O)N1CCCC(N2CCNCC2=O)C1. The first kappa shape index (κ1) is 19.8. The molecule has 148 valence electrons. The number of esters is 1. The Morgan fingerprint density at radius 2 is 2.07 bits per heavy atom. The van der Waals surface area contributed by atoms with Crippen LogP contribution in [0, 0.1) is 0 Å². The summed E-state index contributed by atoms with van der Waals surface area (Å²) in [4.78, 5) is 25.8. The minimum absolute atomic E-state index is 0.0153. The average molecular weight is 395 g/mol. The first-order valence-electron chi connectivity index (χ1n) is 9.06. The fraction of sp³-hybridized carbons (Fsp3) is 0.556. The molecule has 1 N–H and O–H groups in total. The Morgan fingerprint density at radius 3 is 2.81 bits per heavy atom. The number of ether oxygens (including phenoxy) is 1. The summed E-state index contributed by atoms with van der Waals surface area (Å²) in [7, 11) is -2.35. The predicted molar refractivity (Wildman–Crippen MR) is 99.6 cm³/mol. The van der Waals surface area contributed by atoms with Crippen LogP contribution in [-0.2, 0) is 25.3 Å². The highest BCUT2D eigenvalue weighted by atomic mass is 32.2. The molecule has 1 atom stereocenters. The zero-order valence-corrected chi connectivity index (χ0v) is 16.2. The maximum Gasteiger partial charge on any atom is 0.338 e. The molecule has 0 saturated carbocycles. The van der Waals surface area contributed by atoms with E-state index in [1.807, 2.05) is 0 Å². The van der Waals surface area contributed by atoms with Crippen LogP contribution >= 0.6 is 0 Å². The number of sulfonamides is 1. The normalized spacial score (nSPS) is 21.9. The number of methoxy groups -OCH3 is 1. The number of carbonyl (C=O) groups is 2. The predicted octanol–water partition coefficient (Wildman–Crippen LogP) is 0.199. The highest BCUT2D eigenvalue weighted by Gasteiger charge is 2.34. The molecule has 1 aromatic rings. The Balaban J connectivity index is 1.75. The quantitative estimate of drug-likeness (QED) is 0.716. The number of nitrogens with zero attached hydrogens (tertiary/aromatic N) is 2. The van der Waals surface area contributed by atoms with Crippen molar-refractivity contribution in [1.29, 1.82) is 0 Å². The van der Waals surface area contributed by atoms with E-state index in [0.717, 1.165) is 13.0 Å². The van der Waals surface area contributed by atoms with Gasteiger partial charge in [0.2, 0.25) is 15.9 Å². The molecule has 2 fully saturated rings. The monoisotopic (exact) mass is 395 g/mol. The maximum atomic E-state index is 13.0. The lowest BCUT2D eigenvalue weighted by Crippen LogP contribution is -2.57. The van der Waals surface area contributed by atoms with Gasteiger partial charge in [-0.1, -0.05) is 18.2 Å². The van der Waals surface area contributed by atoms with E-state index >= 15 is 0 Å². The molecule has 0 radical (unpaired) electrons. The Morgan fingerprint density at radius 1 is 1.30 bits per heavy atom. The van der Waals surface area contributed by atoms with E-state index in [-0.39, 0.29) is 23.3 Å². The second-order valence-electron chi connectivity index (χ2n) is 6.82. The number of rotatable bonds is 5. The Labute approximate surface area is 159 Å². The lowest BCUT2D eigenvalue weighted by Gasteiger charge is -2.40. The van der Waals surface area contributed by atoms with Crippen molar-refractivity contribution in [2.75, 3.05) is 39.8 Å². The third-order valence-electron chi connectivity index (χ3n) is 5.08. The molecule has 2 heterocycles. The molecule has 2 aliphatic rings. The first-order valence-corrected chi connectivity index (χ1v) is 10.7. The van der Waals surface area contributed by atoms with E-state index in [2.05, 4.69) is 5.32 Å². The van der Waals surface area contributed by atoms with Crippen molar-refractivity contribution < 1.29 is 22.7 Å². The molecule has 0 aromatic heterocycles. The maximum absolute atomic E-state index is 13.0. The van der Waals surface area contributed by atoms with Crippen LogP contribution in [0.3, 0.4) is 0 Å². The fourth-order valence-electron chi connectivity index (χ4n) is 3.68. The number of hydrogen-bond donors (Lipinski definition) is 1. The molecule has 8 nitrogen and oxygen atoms in total. The van der Waals surface area contributed by atoms with Crippen LogP contribution in [0.25, 0.3) is 0 Å². The molecule has 1 unspecified atom stereocenters. The van der Waals surface area contributed by atoms with Crippen molar-refractivity contribution in [3.05, 3.63) is 35.4 Å². The topological polar surface area (TPSA) is 96.0 Å². The molecule has 0 aliphatic carbocycles. The minimum atomic E-state index is -3.62. The van der Waals surface area contributed by atoms with Gasteiger partial charge in [-0.2, -0.15) is 4.31 Å². The van der Waals surface area contributed by atoms with E-state index in [1.54, 1.807) is 29.2 Å². The van der Waals surface area contributed by atoms with Crippen molar-refractivity contribution in [2.24, 2.45) is 0 Å². The lowest BCUT2D eigenvalue weighted by molar-refractivity contribution is -0.135. The van der Waals surface area contributed by atoms with Crippen molar-refractivity contribution in [3.63, 3.8) is 0 Å². The zero-order chi connectivity index (χ0) is 19.4. The van der Waals surface area contributed by atoms with Gasteiger partial charge in [-0.05, 0) is 24.5 Å². The number of benzene rings is 1. The second-order valence-corrected chi connectivity index (χ2v) is 8.79. The van der Waals surface area contributed by atoms with Crippen molar-refractivity contribution >= 4 is 21.9 Å². The Hall–Kier alpha value is -1.97. The molecule has 1 amide bonds. The standard InChI is InChI=1S/C18H25N3O5S/c1-26-18(23)16-7-3-2-5-14(16)13-27(24,25)20-9-4-6-15(12-20)21-10-8-19-11-17(21)22/h2-3,5,7,15,19H,4,6,8-13H2,1H3. The molecule has 2 saturated heterocycles. The number of carbonyl (C=O) groups excluding carboxylic acids is 2. The van der Waals surface area contributed by atoms with Gasteiger partial charge in [-0.25, -0.2) is 13.2 Å². The number of hydrogen-bond acceptors (Lipinski definition) is 6. The van der Waals surface area contributed by atoms with Gasteiger partial charge in [0.15, 0.2) is 0 Å². The Kier molecular flexibility index (Phi) is 6.13. The van der Waals surface area contributed by atoms with Gasteiger partial charge in [-0.3, -0.25) is 4.79 Å². The van der Waals surface area contributed by atoms with Gasteiger partial charge in [-0.15, -0.1) is 0 Å². The van der Waals surface area contributed by atoms with Crippen LogP contribution in [0.5, 0.6) is 0 Å². The average Bonchev–Trinajstić information content (AvgIpc) is 2.68. The van der Waals surface area contributed by atoms with Crippen LogP contribution in [0.4, 0.5) is 0 Å². The van der Waals surface area contributed by atoms with Crippen LogP contribution in [0.1, 0.15) is 28.8 Å². The summed E-state index contributed by atoms with van der Waals surface area (Å²) in [5, 5.41) is 3.03. The summed E-state index contributed by atoms with van der Waals surface area (Å²) in [5.41, 5.74) is 0.680. The largest absolute Gasteiger partial charge is 0.465 e. The molecular weight excluding hydrogens is 370 g/mol. The number of piperazine rings is 1. The molecular formula is C18H25N3O5S. The first-order chi connectivity index (χ1) is 12.9. The highest BCUT2D eigenvalue weighted by molar-refractivity contribution is 7.88. The minimum Gasteiger partial charge on any atom is -0.465 e. The van der Waals surface area contributed by atoms with Crippen LogP contribution in [0.2, 0.25) is 0 Å². The summed E-state index contributed by atoms with van der Waals surface area (Å²) >= 11 is 0. The molecule has 1 aromatic carbocycles. The van der Waals surface area contributed by atoms with Gasteiger partial charge < -0.3 is 15.0 Å². The number of nitrogens with one attached hydrogen (secondary N) is 1. The van der Waals surface area contributed by atoms with Gasteiger partial charge in [0.05, 0.1) is 25.0 Å². The second kappa shape index (κ2) is 8.37. The van der Waals surface area contributed by atoms with E-state index in [4.69, 9.17) is 4.74 Å². The van der Waals surface area contributed by atoms with Crippen LogP contribution in [-0.4, -0.2) is 75.4 Å². The summed E-state index contributed by atoms with van der Waals surface area (Å²) < 4.78 is 32.2. The molecule has 0 bridgehead atoms. The molecule has 27 heavy (non-hydrogen) atoms. The zero-order valence-electron chi connectivity index (χ0n) is 15.4. The lowest BCUT2D eigenvalue weighted by atomic mass is 10.1. The number of amides is 1. The van der Waals surface area contributed by atoms with E-state index in [0.29, 0.717) is 38.2 Å². The van der Waals surface area contributed by atoms with E-state index in [9.17, 15) is 18.0 Å². The fourth-order valence-corrected chi connectivity index (χ4v) is 5.31. The summed E-state index contributed by atoms with van der Waals surface area (Å²) in [6.07, 6.45) is 1.51. The van der Waals surface area contributed by atoms with Crippen molar-refractivity contribution in [2.45, 2.75) is 24.6 Å². The number of piperidine rings is 1.